The second kappa shape index (κ2) is 9.41. The van der Waals surface area contributed by atoms with Crippen LogP contribution in [-0.2, 0) is 22.0 Å². The van der Waals surface area contributed by atoms with E-state index >= 15 is 0 Å². The maximum atomic E-state index is 13.3. The third kappa shape index (κ3) is 4.58. The summed E-state index contributed by atoms with van der Waals surface area (Å²) in [5.74, 6) is 1.54. The van der Waals surface area contributed by atoms with Crippen molar-refractivity contribution in [3.8, 4) is 28.8 Å². The number of para-hydroxylation sites is 1. The van der Waals surface area contributed by atoms with Crippen LogP contribution in [0.4, 0.5) is 0 Å². The Morgan fingerprint density at radius 3 is 2.42 bits per heavy atom. The molecule has 0 fully saturated rings. The lowest BCUT2D eigenvalue weighted by Gasteiger charge is -2.18. The zero-order chi connectivity index (χ0) is 23.4. The molecule has 1 aromatic carbocycles. The van der Waals surface area contributed by atoms with Gasteiger partial charge >= 0.3 is 0 Å². The van der Waals surface area contributed by atoms with Gasteiger partial charge in [-0.2, -0.15) is 0 Å². The van der Waals surface area contributed by atoms with Gasteiger partial charge in [-0.1, -0.05) is 6.07 Å². The molecule has 1 atom stereocenters. The van der Waals surface area contributed by atoms with E-state index in [2.05, 4.69) is 20.2 Å². The normalized spacial score (nSPS) is 12.5. The Hall–Kier alpha value is -3.73. The van der Waals surface area contributed by atoms with Gasteiger partial charge in [0.25, 0.3) is 0 Å². The van der Waals surface area contributed by atoms with Crippen LogP contribution >= 0.6 is 0 Å². The summed E-state index contributed by atoms with van der Waals surface area (Å²) in [6.45, 7) is 1.65. The highest BCUT2D eigenvalue weighted by Gasteiger charge is 2.29. The number of methoxy groups -OCH3 is 2. The van der Waals surface area contributed by atoms with E-state index in [0.29, 0.717) is 34.5 Å². The molecule has 0 N–H and O–H groups in total. The second-order valence-electron chi connectivity index (χ2n) is 7.29. The number of hydrogen-bond acceptors (Lipinski definition) is 9. The molecule has 4 rings (SSSR count). The van der Waals surface area contributed by atoms with Gasteiger partial charge in [-0.3, -0.25) is 4.57 Å². The monoisotopic (exact) mass is 469 g/mol. The van der Waals surface area contributed by atoms with E-state index in [0.717, 1.165) is 0 Å². The Labute approximate surface area is 191 Å². The van der Waals surface area contributed by atoms with E-state index in [1.54, 1.807) is 54.1 Å². The predicted octanol–water partition coefficient (Wildman–Crippen LogP) is 2.88. The highest BCUT2D eigenvalue weighted by atomic mass is 32.2. The molecule has 0 aliphatic heterocycles. The number of ether oxygens (including phenoxy) is 2. The summed E-state index contributed by atoms with van der Waals surface area (Å²) < 4.78 is 44.8. The molecule has 0 saturated carbocycles. The number of benzene rings is 1. The first-order valence-corrected chi connectivity index (χ1v) is 11.8. The SMILES string of the molecule is COc1cccc(OC)c1-n1c(CS(=O)(=O)[C@H](C)Cc2ccncn2)nnc1-c1ccco1. The van der Waals surface area contributed by atoms with Crippen molar-refractivity contribution in [2.45, 2.75) is 24.3 Å². The van der Waals surface area contributed by atoms with Crippen LogP contribution in [0.1, 0.15) is 18.4 Å². The summed E-state index contributed by atoms with van der Waals surface area (Å²) in [4.78, 5) is 8.01. The van der Waals surface area contributed by atoms with Crippen molar-refractivity contribution in [1.29, 1.82) is 0 Å². The molecule has 4 aromatic rings. The first-order valence-electron chi connectivity index (χ1n) is 10.1. The van der Waals surface area contributed by atoms with Crippen LogP contribution in [-0.4, -0.2) is 52.6 Å². The topological polar surface area (TPSA) is 122 Å². The van der Waals surface area contributed by atoms with Crippen LogP contribution in [0.25, 0.3) is 17.3 Å². The van der Waals surface area contributed by atoms with Crippen LogP contribution in [0, 0.1) is 0 Å². The minimum Gasteiger partial charge on any atom is -0.494 e. The molecule has 0 spiro atoms. The molecule has 33 heavy (non-hydrogen) atoms. The quantitative estimate of drug-likeness (QED) is 0.364. The lowest BCUT2D eigenvalue weighted by Crippen LogP contribution is -2.24. The fourth-order valence-corrected chi connectivity index (χ4v) is 4.70. The zero-order valence-electron chi connectivity index (χ0n) is 18.4. The smallest absolute Gasteiger partial charge is 0.204 e. The van der Waals surface area contributed by atoms with E-state index in [4.69, 9.17) is 13.9 Å². The summed E-state index contributed by atoms with van der Waals surface area (Å²) in [6.07, 6.45) is 4.74. The van der Waals surface area contributed by atoms with E-state index in [1.807, 2.05) is 0 Å². The fourth-order valence-electron chi connectivity index (χ4n) is 3.44. The maximum Gasteiger partial charge on any atom is 0.204 e. The number of sulfone groups is 1. The number of furan rings is 1. The zero-order valence-corrected chi connectivity index (χ0v) is 19.2. The summed E-state index contributed by atoms with van der Waals surface area (Å²) in [6, 6.07) is 10.4. The second-order valence-corrected chi connectivity index (χ2v) is 9.71. The van der Waals surface area contributed by atoms with Crippen molar-refractivity contribution in [1.82, 2.24) is 24.7 Å². The van der Waals surface area contributed by atoms with E-state index in [9.17, 15) is 8.42 Å². The van der Waals surface area contributed by atoms with Crippen molar-refractivity contribution in [2.24, 2.45) is 0 Å². The van der Waals surface area contributed by atoms with Gasteiger partial charge < -0.3 is 13.9 Å². The van der Waals surface area contributed by atoms with Gasteiger partial charge in [-0.05, 0) is 37.3 Å². The van der Waals surface area contributed by atoms with Crippen LogP contribution in [0.2, 0.25) is 0 Å². The Bertz CT molecular complexity index is 1300. The van der Waals surface area contributed by atoms with Crippen molar-refractivity contribution in [3.63, 3.8) is 0 Å². The first kappa shape index (κ1) is 22.5. The largest absolute Gasteiger partial charge is 0.494 e. The molecule has 172 valence electrons. The summed E-state index contributed by atoms with van der Waals surface area (Å²) >= 11 is 0. The van der Waals surface area contributed by atoms with Gasteiger partial charge in [-0.15, -0.1) is 10.2 Å². The minimum atomic E-state index is -3.63. The third-order valence-corrected chi connectivity index (χ3v) is 7.23. The van der Waals surface area contributed by atoms with Gasteiger partial charge in [0, 0.05) is 18.3 Å². The van der Waals surface area contributed by atoms with Gasteiger partial charge in [0.05, 0.1) is 25.7 Å². The number of nitrogens with zero attached hydrogens (tertiary/aromatic N) is 5. The number of hydrogen-bond donors (Lipinski definition) is 0. The molecule has 0 bridgehead atoms. The number of aromatic nitrogens is 5. The minimum absolute atomic E-state index is 0.207. The van der Waals surface area contributed by atoms with Crippen LogP contribution < -0.4 is 9.47 Å². The van der Waals surface area contributed by atoms with Crippen molar-refractivity contribution < 1.29 is 22.3 Å². The Kier molecular flexibility index (Phi) is 6.40. The molecule has 0 aliphatic carbocycles. The molecule has 10 nitrogen and oxygen atoms in total. The van der Waals surface area contributed by atoms with Crippen LogP contribution in [0.5, 0.6) is 11.5 Å². The molecular formula is C22H23N5O5S. The predicted molar refractivity (Wildman–Crippen MR) is 120 cm³/mol. The average molecular weight is 470 g/mol. The lowest BCUT2D eigenvalue weighted by atomic mass is 10.2. The first-order chi connectivity index (χ1) is 15.9. The standard InChI is InChI=1S/C22H23N5O5S/c1-15(12-16-9-10-23-14-24-16)33(28,29)13-20-25-26-22(19-8-5-11-32-19)27(20)21-17(30-2)6-4-7-18(21)31-3/h4-11,14-15H,12-13H2,1-3H3/t15-/m1/s1. The Balaban J connectivity index is 1.79. The average Bonchev–Trinajstić information content (AvgIpc) is 3.49. The van der Waals surface area contributed by atoms with Gasteiger partial charge in [-0.25, -0.2) is 18.4 Å². The molecule has 0 saturated heterocycles. The summed E-state index contributed by atoms with van der Waals surface area (Å²) in [5.41, 5.74) is 1.12. The van der Waals surface area contributed by atoms with E-state index in [-0.39, 0.29) is 18.0 Å². The third-order valence-electron chi connectivity index (χ3n) is 5.18. The van der Waals surface area contributed by atoms with Crippen molar-refractivity contribution in [3.05, 3.63) is 66.7 Å². The van der Waals surface area contributed by atoms with Gasteiger partial charge in [0.15, 0.2) is 21.4 Å². The lowest BCUT2D eigenvalue weighted by molar-refractivity contribution is 0.390. The van der Waals surface area contributed by atoms with E-state index in [1.165, 1.54) is 26.8 Å². The van der Waals surface area contributed by atoms with Gasteiger partial charge in [0.2, 0.25) is 5.82 Å². The summed E-state index contributed by atoms with van der Waals surface area (Å²) in [7, 11) is -0.586. The van der Waals surface area contributed by atoms with E-state index < -0.39 is 15.1 Å². The van der Waals surface area contributed by atoms with Crippen molar-refractivity contribution in [2.75, 3.05) is 14.2 Å². The molecule has 11 heteroatoms. The molecule has 3 heterocycles. The van der Waals surface area contributed by atoms with Gasteiger partial charge in [0.1, 0.15) is 29.3 Å². The molecular weight excluding hydrogens is 446 g/mol. The van der Waals surface area contributed by atoms with Crippen LogP contribution in [0.15, 0.2) is 59.6 Å². The molecule has 0 unspecified atom stereocenters. The molecule has 0 amide bonds. The summed E-state index contributed by atoms with van der Waals surface area (Å²) in [5, 5.41) is 7.74. The molecule has 0 radical (unpaired) electrons. The fraction of sp³-hybridized carbons (Fsp3) is 0.273. The maximum absolute atomic E-state index is 13.3. The van der Waals surface area contributed by atoms with Crippen molar-refractivity contribution >= 4 is 9.84 Å². The molecule has 3 aromatic heterocycles. The highest BCUT2D eigenvalue weighted by Crippen LogP contribution is 2.36. The van der Waals surface area contributed by atoms with Crippen LogP contribution in [0.3, 0.4) is 0 Å². The Morgan fingerprint density at radius 1 is 1.06 bits per heavy atom. The molecule has 0 aliphatic rings. The number of rotatable bonds is 9. The highest BCUT2D eigenvalue weighted by molar-refractivity contribution is 7.91. The Morgan fingerprint density at radius 2 is 1.82 bits per heavy atom.